The van der Waals surface area contributed by atoms with E-state index in [0.717, 1.165) is 45.7 Å². The second-order valence-corrected chi connectivity index (χ2v) is 7.63. The zero-order valence-corrected chi connectivity index (χ0v) is 14.9. The second-order valence-electron chi connectivity index (χ2n) is 7.63. The lowest BCUT2D eigenvalue weighted by Gasteiger charge is -2.44. The van der Waals surface area contributed by atoms with Crippen LogP contribution in [-0.4, -0.2) is 66.6 Å². The van der Waals surface area contributed by atoms with Crippen molar-refractivity contribution in [3.05, 3.63) is 30.3 Å². The number of hydrogen-bond acceptors (Lipinski definition) is 4. The van der Waals surface area contributed by atoms with Gasteiger partial charge in [0.25, 0.3) is 0 Å². The van der Waals surface area contributed by atoms with E-state index >= 15 is 0 Å². The van der Waals surface area contributed by atoms with Gasteiger partial charge in [-0.25, -0.2) is 0 Å². The van der Waals surface area contributed by atoms with E-state index < -0.39 is 5.54 Å². The third-order valence-corrected chi connectivity index (χ3v) is 5.19. The van der Waals surface area contributed by atoms with E-state index in [1.165, 1.54) is 12.1 Å². The first-order valence-corrected chi connectivity index (χ1v) is 9.07. The van der Waals surface area contributed by atoms with Crippen LogP contribution in [-0.2, 0) is 4.79 Å². The lowest BCUT2D eigenvalue weighted by atomic mass is 9.99. The molecule has 5 heteroatoms. The van der Waals surface area contributed by atoms with Crippen molar-refractivity contribution >= 4 is 11.6 Å². The zero-order valence-electron chi connectivity index (χ0n) is 14.9. The number of piperidine rings is 1. The second kappa shape index (κ2) is 7.11. The zero-order chi connectivity index (χ0) is 17.2. The number of nitrogens with two attached hydrogens (primary N) is 1. The van der Waals surface area contributed by atoms with Gasteiger partial charge in [-0.15, -0.1) is 0 Å². The van der Waals surface area contributed by atoms with E-state index in [9.17, 15) is 4.79 Å². The number of hydrogen-bond donors (Lipinski definition) is 1. The fourth-order valence-corrected chi connectivity index (χ4v) is 3.83. The summed E-state index contributed by atoms with van der Waals surface area (Å²) in [6.45, 7) is 9.51. The predicted octanol–water partition coefficient (Wildman–Crippen LogP) is 1.54. The summed E-state index contributed by atoms with van der Waals surface area (Å²) in [5.74, 6) is 0.0788. The summed E-state index contributed by atoms with van der Waals surface area (Å²) in [4.78, 5) is 19.4. The number of anilines is 1. The van der Waals surface area contributed by atoms with Crippen LogP contribution < -0.4 is 10.6 Å². The molecule has 2 aliphatic heterocycles. The maximum Gasteiger partial charge on any atom is 0.242 e. The smallest absolute Gasteiger partial charge is 0.242 e. The first-order valence-electron chi connectivity index (χ1n) is 9.07. The molecule has 1 aromatic carbocycles. The Morgan fingerprint density at radius 2 is 1.75 bits per heavy atom. The van der Waals surface area contributed by atoms with Crippen LogP contribution in [0.2, 0.25) is 0 Å². The van der Waals surface area contributed by atoms with Crippen molar-refractivity contribution in [3.8, 4) is 0 Å². The quantitative estimate of drug-likeness (QED) is 0.913. The Kier molecular flexibility index (Phi) is 5.11. The normalized spacial score (nSPS) is 23.4. The molecular formula is C19H30N4O. The minimum atomic E-state index is -0.770. The summed E-state index contributed by atoms with van der Waals surface area (Å²) >= 11 is 0. The highest BCUT2D eigenvalue weighted by molar-refractivity contribution is 5.85. The van der Waals surface area contributed by atoms with Gasteiger partial charge in [-0.2, -0.15) is 0 Å². The summed E-state index contributed by atoms with van der Waals surface area (Å²) < 4.78 is 0. The van der Waals surface area contributed by atoms with Crippen LogP contribution in [0.1, 0.15) is 26.7 Å². The van der Waals surface area contributed by atoms with E-state index in [1.54, 1.807) is 13.8 Å². The van der Waals surface area contributed by atoms with E-state index in [-0.39, 0.29) is 5.91 Å². The largest absolute Gasteiger partial charge is 0.369 e. The Labute approximate surface area is 145 Å². The van der Waals surface area contributed by atoms with Crippen molar-refractivity contribution in [2.45, 2.75) is 38.3 Å². The van der Waals surface area contributed by atoms with Gasteiger partial charge in [0.05, 0.1) is 5.54 Å². The molecule has 0 bridgehead atoms. The fraction of sp³-hybridized carbons (Fsp3) is 0.632. The van der Waals surface area contributed by atoms with Crippen LogP contribution in [0.25, 0.3) is 0 Å². The number of piperazine rings is 1. The maximum atomic E-state index is 12.5. The fourth-order valence-electron chi connectivity index (χ4n) is 3.83. The molecule has 5 nitrogen and oxygen atoms in total. The molecule has 2 saturated heterocycles. The highest BCUT2D eigenvalue weighted by Crippen LogP contribution is 2.22. The summed E-state index contributed by atoms with van der Waals surface area (Å²) in [5.41, 5.74) is 6.54. The van der Waals surface area contributed by atoms with Gasteiger partial charge in [-0.3, -0.25) is 9.69 Å². The maximum absolute atomic E-state index is 12.5. The summed E-state index contributed by atoms with van der Waals surface area (Å²) in [7, 11) is 0. The van der Waals surface area contributed by atoms with Gasteiger partial charge in [-0.05, 0) is 38.8 Å². The number of amides is 1. The standard InChI is InChI=1S/C19H30N4O/c1-19(2,20)18(24)23-10-6-9-17(15-23)22-13-11-21(12-14-22)16-7-4-3-5-8-16/h3-5,7-8,17H,6,9-15,20H2,1-2H3. The van der Waals surface area contributed by atoms with Gasteiger partial charge < -0.3 is 15.5 Å². The summed E-state index contributed by atoms with van der Waals surface area (Å²) in [6, 6.07) is 11.1. The van der Waals surface area contributed by atoms with E-state index in [1.807, 2.05) is 4.90 Å². The molecule has 1 amide bonds. The molecule has 0 spiro atoms. The molecular weight excluding hydrogens is 300 g/mol. The van der Waals surface area contributed by atoms with Gasteiger partial charge >= 0.3 is 0 Å². The molecule has 0 saturated carbocycles. The number of carbonyl (C=O) groups is 1. The van der Waals surface area contributed by atoms with Crippen molar-refractivity contribution in [2.24, 2.45) is 5.73 Å². The Hall–Kier alpha value is -1.59. The molecule has 3 rings (SSSR count). The topological polar surface area (TPSA) is 52.8 Å². The Morgan fingerprint density at radius 1 is 1.08 bits per heavy atom. The number of para-hydroxylation sites is 1. The lowest BCUT2D eigenvalue weighted by molar-refractivity contribution is -0.138. The third kappa shape index (κ3) is 3.90. The van der Waals surface area contributed by atoms with Crippen LogP contribution in [0, 0.1) is 0 Å². The number of carbonyl (C=O) groups excluding carboxylic acids is 1. The number of benzene rings is 1. The molecule has 2 aliphatic rings. The van der Waals surface area contributed by atoms with Gasteiger partial charge in [0.15, 0.2) is 0 Å². The predicted molar refractivity (Wildman–Crippen MR) is 98.1 cm³/mol. The average molecular weight is 330 g/mol. The average Bonchev–Trinajstić information content (AvgIpc) is 2.61. The Bertz CT molecular complexity index is 546. The molecule has 2 heterocycles. The molecule has 1 atom stereocenters. The highest BCUT2D eigenvalue weighted by atomic mass is 16.2. The lowest BCUT2D eigenvalue weighted by Crippen LogP contribution is -2.59. The molecule has 2 fully saturated rings. The first kappa shape index (κ1) is 17.2. The minimum Gasteiger partial charge on any atom is -0.369 e. The van der Waals surface area contributed by atoms with E-state index in [2.05, 4.69) is 40.1 Å². The van der Waals surface area contributed by atoms with Gasteiger partial charge in [0.1, 0.15) is 0 Å². The number of nitrogens with zero attached hydrogens (tertiary/aromatic N) is 3. The van der Waals surface area contributed by atoms with Crippen molar-refractivity contribution in [3.63, 3.8) is 0 Å². The summed E-state index contributed by atoms with van der Waals surface area (Å²) in [6.07, 6.45) is 2.26. The van der Waals surface area contributed by atoms with Gasteiger partial charge in [0.2, 0.25) is 5.91 Å². The number of likely N-dealkylation sites (tertiary alicyclic amines) is 1. The van der Waals surface area contributed by atoms with Crippen molar-refractivity contribution in [1.82, 2.24) is 9.80 Å². The van der Waals surface area contributed by atoms with E-state index in [0.29, 0.717) is 6.04 Å². The van der Waals surface area contributed by atoms with Crippen molar-refractivity contribution in [1.29, 1.82) is 0 Å². The van der Waals surface area contributed by atoms with Crippen molar-refractivity contribution < 1.29 is 4.79 Å². The SMILES string of the molecule is CC(C)(N)C(=O)N1CCCC(N2CCN(c3ccccc3)CC2)C1. The molecule has 132 valence electrons. The van der Waals surface area contributed by atoms with Crippen LogP contribution in [0.3, 0.4) is 0 Å². The minimum absolute atomic E-state index is 0.0788. The van der Waals surface area contributed by atoms with Crippen LogP contribution in [0.15, 0.2) is 30.3 Å². The van der Waals surface area contributed by atoms with Crippen LogP contribution in [0.4, 0.5) is 5.69 Å². The van der Waals surface area contributed by atoms with Crippen molar-refractivity contribution in [2.75, 3.05) is 44.2 Å². The molecule has 24 heavy (non-hydrogen) atoms. The molecule has 0 aromatic heterocycles. The molecule has 1 aromatic rings. The molecule has 1 unspecified atom stereocenters. The molecule has 0 radical (unpaired) electrons. The van der Waals surface area contributed by atoms with Crippen LogP contribution in [0.5, 0.6) is 0 Å². The first-order chi connectivity index (χ1) is 11.4. The number of rotatable bonds is 3. The van der Waals surface area contributed by atoms with Gasteiger partial charge in [0, 0.05) is 51.0 Å². The Morgan fingerprint density at radius 3 is 2.38 bits per heavy atom. The monoisotopic (exact) mass is 330 g/mol. The molecule has 0 aliphatic carbocycles. The molecule has 2 N–H and O–H groups in total. The van der Waals surface area contributed by atoms with E-state index in [4.69, 9.17) is 5.73 Å². The summed E-state index contributed by atoms with van der Waals surface area (Å²) in [5, 5.41) is 0. The van der Waals surface area contributed by atoms with Crippen LogP contribution >= 0.6 is 0 Å². The third-order valence-electron chi connectivity index (χ3n) is 5.19. The Balaban J connectivity index is 1.55. The van der Waals surface area contributed by atoms with Gasteiger partial charge in [-0.1, -0.05) is 18.2 Å². The highest BCUT2D eigenvalue weighted by Gasteiger charge is 2.34.